The molecule has 1 N–H and O–H groups in total. The Morgan fingerprint density at radius 3 is 2.29 bits per heavy atom. The Morgan fingerprint density at radius 2 is 1.63 bits per heavy atom. The Labute approximate surface area is 216 Å². The summed E-state index contributed by atoms with van der Waals surface area (Å²) in [6.45, 7) is 1.87. The average Bonchev–Trinajstić information content (AvgIpc) is 3.19. The van der Waals surface area contributed by atoms with Crippen LogP contribution in [0.15, 0.2) is 72.8 Å². The molecule has 1 amide bonds. The second-order valence-electron chi connectivity index (χ2n) is 8.70. The first-order chi connectivity index (χ1) is 16.9. The molecule has 0 aromatic heterocycles. The first-order valence-electron chi connectivity index (χ1n) is 11.6. The fraction of sp³-hybridized carbons (Fsp3) is 0.321. The van der Waals surface area contributed by atoms with E-state index in [1.54, 1.807) is 6.07 Å². The Bertz CT molecular complexity index is 1100. The molecule has 1 saturated heterocycles. The highest BCUT2D eigenvalue weighted by Gasteiger charge is 2.40. The predicted molar refractivity (Wildman–Crippen MR) is 139 cm³/mol. The van der Waals surface area contributed by atoms with Gasteiger partial charge in [-0.2, -0.15) is 0 Å². The van der Waals surface area contributed by atoms with E-state index in [0.717, 1.165) is 22.3 Å². The van der Waals surface area contributed by atoms with Gasteiger partial charge in [-0.3, -0.25) is 4.79 Å². The van der Waals surface area contributed by atoms with Crippen LogP contribution in [0.5, 0.6) is 0 Å². The van der Waals surface area contributed by atoms with Crippen molar-refractivity contribution in [2.75, 3.05) is 13.7 Å². The van der Waals surface area contributed by atoms with Crippen LogP contribution in [-0.4, -0.2) is 44.2 Å². The number of hydrogen-bond donors (Lipinski definition) is 1. The van der Waals surface area contributed by atoms with Gasteiger partial charge in [0.1, 0.15) is 12.7 Å². The lowest BCUT2D eigenvalue weighted by atomic mass is 9.93. The molecule has 184 valence electrons. The topological polar surface area (TPSA) is 56.8 Å². The van der Waals surface area contributed by atoms with E-state index >= 15 is 0 Å². The average molecular weight is 514 g/mol. The quantitative estimate of drug-likeness (QED) is 0.398. The number of amides is 1. The van der Waals surface area contributed by atoms with E-state index in [1.165, 1.54) is 7.11 Å². The fourth-order valence-corrected chi connectivity index (χ4v) is 4.99. The van der Waals surface area contributed by atoms with Crippen LogP contribution < -0.4 is 5.32 Å². The largest absolute Gasteiger partial charge is 0.375 e. The fourth-order valence-electron chi connectivity index (χ4n) is 4.47. The van der Waals surface area contributed by atoms with Crippen LogP contribution in [0.4, 0.5) is 0 Å². The van der Waals surface area contributed by atoms with Gasteiger partial charge in [0.15, 0.2) is 6.29 Å². The lowest BCUT2D eigenvalue weighted by molar-refractivity contribution is -0.126. The summed E-state index contributed by atoms with van der Waals surface area (Å²) in [7, 11) is 1.50. The molecule has 0 aliphatic carbocycles. The van der Waals surface area contributed by atoms with Crippen LogP contribution in [0.3, 0.4) is 0 Å². The third kappa shape index (κ3) is 7.06. The van der Waals surface area contributed by atoms with Crippen molar-refractivity contribution in [1.29, 1.82) is 0 Å². The second-order valence-corrected chi connectivity index (χ2v) is 9.57. The van der Waals surface area contributed by atoms with Crippen molar-refractivity contribution in [3.8, 4) is 11.1 Å². The minimum Gasteiger partial charge on any atom is -0.375 e. The van der Waals surface area contributed by atoms with Crippen LogP contribution in [-0.2, 0) is 31.8 Å². The number of nitrogens with one attached hydrogen (secondary N) is 1. The maximum Gasteiger partial charge on any atom is 0.246 e. The number of benzene rings is 3. The van der Waals surface area contributed by atoms with Gasteiger partial charge < -0.3 is 19.5 Å². The summed E-state index contributed by atoms with van der Waals surface area (Å²) in [4.78, 5) is 12.5. The van der Waals surface area contributed by atoms with Gasteiger partial charge >= 0.3 is 0 Å². The van der Waals surface area contributed by atoms with Gasteiger partial charge in [-0.15, -0.1) is 0 Å². The highest BCUT2D eigenvalue weighted by atomic mass is 35.5. The summed E-state index contributed by atoms with van der Waals surface area (Å²) in [5.74, 6) is -0.190. The molecule has 4 atom stereocenters. The molecule has 0 saturated carbocycles. The molecular weight excluding hydrogens is 485 g/mol. The van der Waals surface area contributed by atoms with Gasteiger partial charge in [0, 0.05) is 23.6 Å². The smallest absolute Gasteiger partial charge is 0.246 e. The molecule has 35 heavy (non-hydrogen) atoms. The molecule has 1 aliphatic heterocycles. The van der Waals surface area contributed by atoms with Crippen molar-refractivity contribution in [2.24, 2.45) is 0 Å². The number of carbonyl (C=O) groups is 1. The summed E-state index contributed by atoms with van der Waals surface area (Å²) in [5.41, 5.74) is 4.18. The molecular formula is C28H29Cl2NO4. The van der Waals surface area contributed by atoms with Crippen molar-refractivity contribution in [3.63, 3.8) is 0 Å². The lowest BCUT2D eigenvalue weighted by Gasteiger charge is -2.28. The maximum atomic E-state index is 12.5. The molecule has 5 nitrogen and oxygen atoms in total. The summed E-state index contributed by atoms with van der Waals surface area (Å²) >= 11 is 12.3. The van der Waals surface area contributed by atoms with Crippen molar-refractivity contribution >= 4 is 29.1 Å². The minimum atomic E-state index is -0.356. The van der Waals surface area contributed by atoms with E-state index in [4.69, 9.17) is 37.4 Å². The van der Waals surface area contributed by atoms with Crippen molar-refractivity contribution in [1.82, 2.24) is 5.32 Å². The molecule has 7 heteroatoms. The van der Waals surface area contributed by atoms with Crippen molar-refractivity contribution < 1.29 is 19.0 Å². The van der Waals surface area contributed by atoms with E-state index in [0.29, 0.717) is 22.9 Å². The van der Waals surface area contributed by atoms with Crippen LogP contribution in [0.1, 0.15) is 18.1 Å². The van der Waals surface area contributed by atoms with Gasteiger partial charge in [0.2, 0.25) is 5.91 Å². The Morgan fingerprint density at radius 1 is 0.943 bits per heavy atom. The second kappa shape index (κ2) is 12.0. The number of carbonyl (C=O) groups excluding carboxylic acids is 1. The van der Waals surface area contributed by atoms with E-state index in [2.05, 4.69) is 17.4 Å². The molecule has 3 aromatic carbocycles. The number of methoxy groups -OCH3 is 1. The van der Waals surface area contributed by atoms with Crippen LogP contribution in [0.2, 0.25) is 10.0 Å². The first-order valence-corrected chi connectivity index (χ1v) is 12.4. The van der Waals surface area contributed by atoms with Gasteiger partial charge in [-0.25, -0.2) is 0 Å². The zero-order chi connectivity index (χ0) is 24.8. The number of rotatable bonds is 9. The van der Waals surface area contributed by atoms with Crippen LogP contribution >= 0.6 is 23.2 Å². The molecule has 1 unspecified atom stereocenters. The zero-order valence-electron chi connectivity index (χ0n) is 19.7. The molecule has 3 aromatic rings. The van der Waals surface area contributed by atoms with Gasteiger partial charge in [0.05, 0.1) is 12.1 Å². The zero-order valence-corrected chi connectivity index (χ0v) is 21.3. The standard InChI is InChI=1S/C28H29Cl2NO4/c1-18-34-26(13-19-6-4-3-5-7-19)28(35-18)25(31-27(32)17-33-2)12-20-8-10-21(11-9-20)22-14-23(29)16-24(30)15-22/h3-11,14-16,18,25-26,28H,12-13,17H2,1-2H3,(H,31,32)/t18?,25-,26-,28-/m1/s1. The van der Waals surface area contributed by atoms with Gasteiger partial charge in [-0.1, -0.05) is 77.8 Å². The monoisotopic (exact) mass is 513 g/mol. The van der Waals surface area contributed by atoms with Crippen LogP contribution in [0, 0.1) is 0 Å². The summed E-state index contributed by atoms with van der Waals surface area (Å²) in [6, 6.07) is 23.5. The summed E-state index contributed by atoms with van der Waals surface area (Å²) in [6.07, 6.45) is 0.426. The number of hydrogen-bond acceptors (Lipinski definition) is 4. The molecule has 1 fully saturated rings. The number of ether oxygens (including phenoxy) is 3. The Balaban J connectivity index is 1.54. The Hall–Kier alpha value is -2.41. The Kier molecular flexibility index (Phi) is 8.82. The molecule has 0 spiro atoms. The third-order valence-corrected chi connectivity index (χ3v) is 6.42. The van der Waals surface area contributed by atoms with Crippen LogP contribution in [0.25, 0.3) is 11.1 Å². The minimum absolute atomic E-state index is 0.0164. The molecule has 0 bridgehead atoms. The highest BCUT2D eigenvalue weighted by Crippen LogP contribution is 2.29. The molecule has 4 rings (SSSR count). The highest BCUT2D eigenvalue weighted by molar-refractivity contribution is 6.35. The lowest BCUT2D eigenvalue weighted by Crippen LogP contribution is -2.50. The van der Waals surface area contributed by atoms with Gasteiger partial charge in [0.25, 0.3) is 0 Å². The maximum absolute atomic E-state index is 12.5. The first kappa shape index (κ1) is 25.7. The van der Waals surface area contributed by atoms with E-state index < -0.39 is 0 Å². The summed E-state index contributed by atoms with van der Waals surface area (Å²) in [5, 5.41) is 4.29. The number of halogens is 2. The van der Waals surface area contributed by atoms with Gasteiger partial charge in [-0.05, 0) is 53.8 Å². The normalized spacial score (nSPS) is 20.5. The third-order valence-electron chi connectivity index (χ3n) is 5.99. The van der Waals surface area contributed by atoms with E-state index in [1.807, 2.05) is 61.5 Å². The van der Waals surface area contributed by atoms with E-state index in [-0.39, 0.29) is 37.1 Å². The molecule has 1 aliphatic rings. The van der Waals surface area contributed by atoms with Crippen molar-refractivity contribution in [2.45, 2.75) is 44.3 Å². The van der Waals surface area contributed by atoms with Crippen molar-refractivity contribution in [3.05, 3.63) is 94.0 Å². The molecule has 1 heterocycles. The van der Waals surface area contributed by atoms with E-state index in [9.17, 15) is 4.79 Å². The predicted octanol–water partition coefficient (Wildman–Crippen LogP) is 5.71. The molecule has 0 radical (unpaired) electrons. The summed E-state index contributed by atoms with van der Waals surface area (Å²) < 4.78 is 17.3. The SMILES string of the molecule is COCC(=O)N[C@H](Cc1ccc(-c2cc(Cl)cc(Cl)c2)cc1)[C@H]1OC(C)O[C@@H]1Cc1ccccc1.